The third-order valence-corrected chi connectivity index (χ3v) is 4.70. The molecule has 1 aromatic heterocycles. The first-order valence-electron chi connectivity index (χ1n) is 8.19. The van der Waals surface area contributed by atoms with Crippen molar-refractivity contribution in [3.8, 4) is 0 Å². The maximum atomic E-state index is 12.5. The number of nitrogens with zero attached hydrogens (tertiary/aromatic N) is 2. The van der Waals surface area contributed by atoms with Crippen LogP contribution in [0.15, 0.2) is 54.9 Å². The summed E-state index contributed by atoms with van der Waals surface area (Å²) in [5.41, 5.74) is 8.38. The molecule has 3 rings (SSSR count). The van der Waals surface area contributed by atoms with Crippen molar-refractivity contribution >= 4 is 30.7 Å². The maximum Gasteiger partial charge on any atom is 0.222 e. The lowest BCUT2D eigenvalue weighted by molar-refractivity contribution is -0.130. The quantitative estimate of drug-likeness (QED) is 0.865. The highest BCUT2D eigenvalue weighted by molar-refractivity contribution is 5.85. The Hall–Kier alpha value is -1.62. The highest BCUT2D eigenvalue weighted by atomic mass is 35.5. The predicted molar refractivity (Wildman–Crippen MR) is 105 cm³/mol. The molecule has 0 bridgehead atoms. The molecule has 2 aromatic rings. The van der Waals surface area contributed by atoms with Gasteiger partial charge < -0.3 is 10.6 Å². The van der Waals surface area contributed by atoms with Crippen molar-refractivity contribution in [3.63, 3.8) is 0 Å². The Labute approximate surface area is 161 Å². The molecule has 2 atom stereocenters. The van der Waals surface area contributed by atoms with E-state index in [9.17, 15) is 4.79 Å². The van der Waals surface area contributed by atoms with Gasteiger partial charge >= 0.3 is 0 Å². The fourth-order valence-electron chi connectivity index (χ4n) is 3.35. The summed E-state index contributed by atoms with van der Waals surface area (Å²) in [6.07, 6.45) is 4.85. The molecule has 1 fully saturated rings. The maximum absolute atomic E-state index is 12.5. The second-order valence-electron chi connectivity index (χ2n) is 6.17. The van der Waals surface area contributed by atoms with Crippen LogP contribution in [0, 0.1) is 5.92 Å². The van der Waals surface area contributed by atoms with Gasteiger partial charge in [0.25, 0.3) is 0 Å². The molecular formula is C19H25Cl2N3O. The Morgan fingerprint density at radius 2 is 1.76 bits per heavy atom. The summed E-state index contributed by atoms with van der Waals surface area (Å²) in [6.45, 7) is 2.17. The highest BCUT2D eigenvalue weighted by Gasteiger charge is 2.34. The zero-order chi connectivity index (χ0) is 16.1. The van der Waals surface area contributed by atoms with E-state index in [1.807, 2.05) is 23.1 Å². The molecule has 4 nitrogen and oxygen atoms in total. The van der Waals surface area contributed by atoms with E-state index in [-0.39, 0.29) is 30.7 Å². The fraction of sp³-hybridized carbons (Fsp3) is 0.368. The first-order chi connectivity index (χ1) is 11.3. The summed E-state index contributed by atoms with van der Waals surface area (Å²) in [4.78, 5) is 18.5. The summed E-state index contributed by atoms with van der Waals surface area (Å²) in [7, 11) is 0. The zero-order valence-electron chi connectivity index (χ0n) is 14.1. The number of carbonyl (C=O) groups is 1. The normalized spacial score (nSPS) is 19.0. The fourth-order valence-corrected chi connectivity index (χ4v) is 3.35. The summed E-state index contributed by atoms with van der Waals surface area (Å²) >= 11 is 0. The lowest BCUT2D eigenvalue weighted by Crippen LogP contribution is -2.30. The largest absolute Gasteiger partial charge is 0.342 e. The Balaban J connectivity index is 0.00000156. The third kappa shape index (κ3) is 5.43. The first kappa shape index (κ1) is 21.4. The smallest absolute Gasteiger partial charge is 0.222 e. The molecular weight excluding hydrogens is 357 g/mol. The monoisotopic (exact) mass is 381 g/mol. The number of benzene rings is 1. The molecule has 1 amide bonds. The van der Waals surface area contributed by atoms with Gasteiger partial charge in [0.05, 0.1) is 0 Å². The van der Waals surface area contributed by atoms with Gasteiger partial charge in [-0.25, -0.2) is 0 Å². The van der Waals surface area contributed by atoms with Crippen LogP contribution in [0.25, 0.3) is 0 Å². The number of halogens is 2. The van der Waals surface area contributed by atoms with Crippen molar-refractivity contribution in [1.29, 1.82) is 0 Å². The molecule has 0 aliphatic carbocycles. The average Bonchev–Trinajstić information content (AvgIpc) is 3.06. The van der Waals surface area contributed by atoms with Gasteiger partial charge in [0.15, 0.2) is 0 Å². The topological polar surface area (TPSA) is 59.2 Å². The molecule has 1 aliphatic rings. The number of likely N-dealkylation sites (tertiary alicyclic amines) is 1. The predicted octanol–water partition coefficient (Wildman–Crippen LogP) is 3.06. The van der Waals surface area contributed by atoms with E-state index in [0.29, 0.717) is 24.8 Å². The van der Waals surface area contributed by atoms with Gasteiger partial charge in [-0.15, -0.1) is 24.8 Å². The number of amides is 1. The molecule has 0 radical (unpaired) electrons. The van der Waals surface area contributed by atoms with Crippen molar-refractivity contribution in [2.24, 2.45) is 11.7 Å². The van der Waals surface area contributed by atoms with Gasteiger partial charge in [0, 0.05) is 37.8 Å². The first-order valence-corrected chi connectivity index (χ1v) is 8.19. The van der Waals surface area contributed by atoms with Crippen molar-refractivity contribution in [2.45, 2.75) is 18.8 Å². The van der Waals surface area contributed by atoms with Crippen LogP contribution in [0.5, 0.6) is 0 Å². The molecule has 2 N–H and O–H groups in total. The van der Waals surface area contributed by atoms with Gasteiger partial charge in [-0.2, -0.15) is 0 Å². The summed E-state index contributed by atoms with van der Waals surface area (Å²) in [5, 5.41) is 0. The number of carbonyl (C=O) groups excluding carboxylic acids is 1. The van der Waals surface area contributed by atoms with Crippen LogP contribution in [0.3, 0.4) is 0 Å². The van der Waals surface area contributed by atoms with Crippen LogP contribution in [0.1, 0.15) is 23.5 Å². The van der Waals surface area contributed by atoms with Crippen LogP contribution >= 0.6 is 24.8 Å². The van der Waals surface area contributed by atoms with Crippen LogP contribution in [-0.4, -0.2) is 35.4 Å². The zero-order valence-corrected chi connectivity index (χ0v) is 15.7. The number of hydrogen-bond donors (Lipinski definition) is 1. The van der Waals surface area contributed by atoms with Gasteiger partial charge in [-0.1, -0.05) is 30.3 Å². The number of rotatable bonds is 5. The van der Waals surface area contributed by atoms with Gasteiger partial charge in [-0.3, -0.25) is 9.78 Å². The standard InChI is InChI=1S/C19H23N3O.2ClH/c20-12-17-13-22(14-18(17)16-4-2-1-3-5-16)19(23)7-6-15-8-10-21-11-9-15;;/h1-5,8-11,17-18H,6-7,12-14,20H2;2*1H/t17-,18+;;/m1../s1. The van der Waals surface area contributed by atoms with E-state index < -0.39 is 0 Å². The Kier molecular flexibility index (Phi) is 8.90. The van der Waals surface area contributed by atoms with Crippen LogP contribution < -0.4 is 5.73 Å². The number of nitrogens with two attached hydrogens (primary N) is 1. The van der Waals surface area contributed by atoms with E-state index in [1.54, 1.807) is 12.4 Å². The van der Waals surface area contributed by atoms with E-state index >= 15 is 0 Å². The number of aryl methyl sites for hydroxylation is 1. The Morgan fingerprint density at radius 3 is 2.40 bits per heavy atom. The van der Waals surface area contributed by atoms with Gasteiger partial charge in [-0.05, 0) is 42.1 Å². The van der Waals surface area contributed by atoms with Gasteiger partial charge in [0.1, 0.15) is 0 Å². The summed E-state index contributed by atoms with van der Waals surface area (Å²) in [6, 6.07) is 14.3. The third-order valence-electron chi connectivity index (χ3n) is 4.70. The minimum atomic E-state index is 0. The number of pyridine rings is 1. The van der Waals surface area contributed by atoms with Crippen LogP contribution in [0.2, 0.25) is 0 Å². The molecule has 2 heterocycles. The molecule has 1 aromatic carbocycles. The van der Waals surface area contributed by atoms with Crippen molar-refractivity contribution in [3.05, 3.63) is 66.0 Å². The number of aromatic nitrogens is 1. The SMILES string of the molecule is Cl.Cl.NC[C@@H]1CN(C(=O)CCc2ccncc2)C[C@H]1c1ccccc1. The minimum Gasteiger partial charge on any atom is -0.342 e. The molecule has 0 spiro atoms. The minimum absolute atomic E-state index is 0. The molecule has 25 heavy (non-hydrogen) atoms. The molecule has 1 saturated heterocycles. The van der Waals surface area contributed by atoms with E-state index in [2.05, 4.69) is 29.2 Å². The van der Waals surface area contributed by atoms with Crippen LogP contribution in [0.4, 0.5) is 0 Å². The molecule has 1 aliphatic heterocycles. The second-order valence-corrected chi connectivity index (χ2v) is 6.17. The average molecular weight is 382 g/mol. The second kappa shape index (κ2) is 10.4. The molecule has 6 heteroatoms. The van der Waals surface area contributed by atoms with E-state index in [0.717, 1.165) is 25.1 Å². The molecule has 136 valence electrons. The molecule has 0 unspecified atom stereocenters. The lowest BCUT2D eigenvalue weighted by Gasteiger charge is -2.17. The van der Waals surface area contributed by atoms with Crippen LogP contribution in [-0.2, 0) is 11.2 Å². The summed E-state index contributed by atoms with van der Waals surface area (Å²) < 4.78 is 0. The van der Waals surface area contributed by atoms with Crippen molar-refractivity contribution in [2.75, 3.05) is 19.6 Å². The Bertz CT molecular complexity index is 640. The molecule has 0 saturated carbocycles. The van der Waals surface area contributed by atoms with Crippen molar-refractivity contribution in [1.82, 2.24) is 9.88 Å². The van der Waals surface area contributed by atoms with Gasteiger partial charge in [0.2, 0.25) is 5.91 Å². The highest BCUT2D eigenvalue weighted by Crippen LogP contribution is 2.32. The van der Waals surface area contributed by atoms with Crippen molar-refractivity contribution < 1.29 is 4.79 Å². The number of hydrogen-bond acceptors (Lipinski definition) is 3. The summed E-state index contributed by atoms with van der Waals surface area (Å²) in [5.74, 6) is 0.923. The Morgan fingerprint density at radius 1 is 1.08 bits per heavy atom. The van der Waals surface area contributed by atoms with E-state index in [4.69, 9.17) is 5.73 Å². The lowest BCUT2D eigenvalue weighted by atomic mass is 9.89. The van der Waals surface area contributed by atoms with E-state index in [1.165, 1.54) is 5.56 Å².